The second-order valence-electron chi connectivity index (χ2n) is 7.27. The Labute approximate surface area is 178 Å². The highest BCUT2D eigenvalue weighted by atomic mass is 16.5. The van der Waals surface area contributed by atoms with Crippen LogP contribution in [-0.4, -0.2) is 61.0 Å². The third kappa shape index (κ3) is 5.75. The van der Waals surface area contributed by atoms with Gasteiger partial charge in [0.2, 0.25) is 5.91 Å². The number of hydrogen-bond acceptors (Lipinski definition) is 4. The van der Waals surface area contributed by atoms with Crippen molar-refractivity contribution in [1.82, 2.24) is 9.80 Å². The lowest BCUT2D eigenvalue weighted by molar-refractivity contribution is -0.140. The first-order valence-electron chi connectivity index (χ1n) is 10.6. The van der Waals surface area contributed by atoms with Crippen molar-refractivity contribution in [2.75, 3.05) is 39.4 Å². The second-order valence-corrected chi connectivity index (χ2v) is 7.27. The molecule has 0 aliphatic carbocycles. The number of aryl methyl sites for hydroxylation is 1. The van der Waals surface area contributed by atoms with Gasteiger partial charge in [0.1, 0.15) is 11.5 Å². The smallest absolute Gasteiger partial charge is 0.260 e. The molecule has 3 rings (SSSR count). The molecule has 30 heavy (non-hydrogen) atoms. The Bertz CT molecular complexity index is 843. The highest BCUT2D eigenvalue weighted by molar-refractivity contribution is 5.80. The summed E-state index contributed by atoms with van der Waals surface area (Å²) in [5.74, 6) is 1.61. The normalized spacial score (nSPS) is 13.8. The van der Waals surface area contributed by atoms with Crippen LogP contribution in [0.1, 0.15) is 25.0 Å². The molecule has 0 unspecified atom stereocenters. The van der Waals surface area contributed by atoms with Crippen LogP contribution in [0.3, 0.4) is 0 Å². The molecule has 1 aliphatic rings. The first kappa shape index (κ1) is 21.7. The summed E-state index contributed by atoms with van der Waals surface area (Å²) >= 11 is 0. The van der Waals surface area contributed by atoms with Gasteiger partial charge in [-0.25, -0.2) is 0 Å². The molecule has 0 radical (unpaired) electrons. The van der Waals surface area contributed by atoms with Gasteiger partial charge in [-0.15, -0.1) is 0 Å². The predicted octanol–water partition coefficient (Wildman–Crippen LogP) is 2.94. The second kappa shape index (κ2) is 10.7. The van der Waals surface area contributed by atoms with E-state index in [1.807, 2.05) is 60.4 Å². The molecule has 1 saturated heterocycles. The standard InChI is InChI=1S/C24H30N2O4/c1-3-20-7-5-6-8-22(20)30-18-24(28)26-15-13-25(14-16-26)23(27)17-19-9-11-21(12-10-19)29-4-2/h5-12H,3-4,13-18H2,1-2H3. The van der Waals surface area contributed by atoms with E-state index in [2.05, 4.69) is 6.92 Å². The average molecular weight is 411 g/mol. The molecule has 0 N–H and O–H groups in total. The molecule has 1 fully saturated rings. The van der Waals surface area contributed by atoms with Crippen LogP contribution in [0.25, 0.3) is 0 Å². The lowest BCUT2D eigenvalue weighted by Gasteiger charge is -2.34. The fraction of sp³-hybridized carbons (Fsp3) is 0.417. The molecular formula is C24H30N2O4. The van der Waals surface area contributed by atoms with E-state index in [4.69, 9.17) is 9.47 Å². The molecular weight excluding hydrogens is 380 g/mol. The molecule has 0 spiro atoms. The Morgan fingerprint density at radius 1 is 0.833 bits per heavy atom. The molecule has 2 aromatic rings. The summed E-state index contributed by atoms with van der Waals surface area (Å²) in [6.07, 6.45) is 1.22. The fourth-order valence-electron chi connectivity index (χ4n) is 3.53. The monoisotopic (exact) mass is 410 g/mol. The summed E-state index contributed by atoms with van der Waals surface area (Å²) in [5, 5.41) is 0. The van der Waals surface area contributed by atoms with Gasteiger partial charge in [-0.05, 0) is 42.7 Å². The van der Waals surface area contributed by atoms with Crippen molar-refractivity contribution in [3.8, 4) is 11.5 Å². The van der Waals surface area contributed by atoms with E-state index in [-0.39, 0.29) is 18.4 Å². The number of amides is 2. The van der Waals surface area contributed by atoms with Gasteiger partial charge < -0.3 is 19.3 Å². The summed E-state index contributed by atoms with van der Waals surface area (Å²) in [4.78, 5) is 28.7. The maximum atomic E-state index is 12.6. The summed E-state index contributed by atoms with van der Waals surface area (Å²) in [7, 11) is 0. The third-order valence-corrected chi connectivity index (χ3v) is 5.28. The predicted molar refractivity (Wildman–Crippen MR) is 116 cm³/mol. The molecule has 2 aromatic carbocycles. The van der Waals surface area contributed by atoms with Gasteiger partial charge in [0.15, 0.2) is 6.61 Å². The van der Waals surface area contributed by atoms with Gasteiger partial charge in [0, 0.05) is 26.2 Å². The van der Waals surface area contributed by atoms with E-state index >= 15 is 0 Å². The van der Waals surface area contributed by atoms with Crippen LogP contribution in [0.2, 0.25) is 0 Å². The molecule has 2 amide bonds. The topological polar surface area (TPSA) is 59.1 Å². The van der Waals surface area contributed by atoms with Crippen molar-refractivity contribution >= 4 is 11.8 Å². The van der Waals surface area contributed by atoms with Gasteiger partial charge in [0.05, 0.1) is 13.0 Å². The van der Waals surface area contributed by atoms with Crippen molar-refractivity contribution in [2.24, 2.45) is 0 Å². The van der Waals surface area contributed by atoms with E-state index in [0.717, 1.165) is 29.0 Å². The number of rotatable bonds is 8. The van der Waals surface area contributed by atoms with Crippen molar-refractivity contribution < 1.29 is 19.1 Å². The van der Waals surface area contributed by atoms with Crippen LogP contribution in [0.5, 0.6) is 11.5 Å². The fourth-order valence-corrected chi connectivity index (χ4v) is 3.53. The Morgan fingerprint density at radius 3 is 2.10 bits per heavy atom. The molecule has 6 heteroatoms. The Kier molecular flexibility index (Phi) is 7.71. The zero-order valence-corrected chi connectivity index (χ0v) is 17.8. The first-order valence-corrected chi connectivity index (χ1v) is 10.6. The summed E-state index contributed by atoms with van der Waals surface area (Å²) in [5.41, 5.74) is 2.06. The van der Waals surface area contributed by atoms with Crippen molar-refractivity contribution in [3.63, 3.8) is 0 Å². The first-order chi connectivity index (χ1) is 14.6. The number of hydrogen-bond donors (Lipinski definition) is 0. The number of nitrogens with zero attached hydrogens (tertiary/aromatic N) is 2. The maximum absolute atomic E-state index is 12.6. The Balaban J connectivity index is 1.44. The molecule has 1 heterocycles. The number of benzene rings is 2. The quantitative estimate of drug-likeness (QED) is 0.671. The van der Waals surface area contributed by atoms with Crippen LogP contribution in [0.4, 0.5) is 0 Å². The zero-order valence-electron chi connectivity index (χ0n) is 17.8. The minimum atomic E-state index is -0.0421. The van der Waals surface area contributed by atoms with E-state index in [1.54, 1.807) is 4.90 Å². The lowest BCUT2D eigenvalue weighted by atomic mass is 10.1. The van der Waals surface area contributed by atoms with Crippen LogP contribution in [0.15, 0.2) is 48.5 Å². The third-order valence-electron chi connectivity index (χ3n) is 5.28. The number of ether oxygens (including phenoxy) is 2. The Morgan fingerprint density at radius 2 is 1.47 bits per heavy atom. The molecule has 0 saturated carbocycles. The van der Waals surface area contributed by atoms with Gasteiger partial charge >= 0.3 is 0 Å². The van der Waals surface area contributed by atoms with E-state index < -0.39 is 0 Å². The Hall–Kier alpha value is -3.02. The largest absolute Gasteiger partial charge is 0.494 e. The van der Waals surface area contributed by atoms with Crippen LogP contribution in [-0.2, 0) is 22.4 Å². The zero-order chi connectivity index (χ0) is 21.3. The molecule has 160 valence electrons. The lowest BCUT2D eigenvalue weighted by Crippen LogP contribution is -2.52. The van der Waals surface area contributed by atoms with Crippen molar-refractivity contribution in [1.29, 1.82) is 0 Å². The maximum Gasteiger partial charge on any atom is 0.260 e. The minimum absolute atomic E-state index is 0.0249. The van der Waals surface area contributed by atoms with Crippen molar-refractivity contribution in [2.45, 2.75) is 26.7 Å². The number of carbonyl (C=O) groups excluding carboxylic acids is 2. The highest BCUT2D eigenvalue weighted by Gasteiger charge is 2.24. The highest BCUT2D eigenvalue weighted by Crippen LogP contribution is 2.18. The van der Waals surface area contributed by atoms with Gasteiger partial charge in [-0.1, -0.05) is 37.3 Å². The van der Waals surface area contributed by atoms with Gasteiger partial charge in [0.25, 0.3) is 5.91 Å². The van der Waals surface area contributed by atoms with E-state index in [1.165, 1.54) is 0 Å². The molecule has 0 aromatic heterocycles. The van der Waals surface area contributed by atoms with Crippen LogP contribution in [0, 0.1) is 0 Å². The van der Waals surface area contributed by atoms with Crippen LogP contribution < -0.4 is 9.47 Å². The van der Waals surface area contributed by atoms with Crippen molar-refractivity contribution in [3.05, 3.63) is 59.7 Å². The minimum Gasteiger partial charge on any atom is -0.494 e. The number of para-hydroxylation sites is 1. The molecule has 1 aliphatic heterocycles. The molecule has 0 atom stereocenters. The van der Waals surface area contributed by atoms with Gasteiger partial charge in [-0.2, -0.15) is 0 Å². The summed E-state index contributed by atoms with van der Waals surface area (Å²) < 4.78 is 11.2. The van der Waals surface area contributed by atoms with E-state index in [9.17, 15) is 9.59 Å². The molecule has 0 bridgehead atoms. The number of piperazine rings is 1. The van der Waals surface area contributed by atoms with Gasteiger partial charge in [-0.3, -0.25) is 9.59 Å². The van der Waals surface area contributed by atoms with Crippen LogP contribution >= 0.6 is 0 Å². The SMILES string of the molecule is CCOc1ccc(CC(=O)N2CCN(C(=O)COc3ccccc3CC)CC2)cc1. The summed E-state index contributed by atoms with van der Waals surface area (Å²) in [6, 6.07) is 15.4. The number of carbonyl (C=O) groups is 2. The molecule has 6 nitrogen and oxygen atoms in total. The average Bonchev–Trinajstić information content (AvgIpc) is 2.79. The summed E-state index contributed by atoms with van der Waals surface area (Å²) in [6.45, 7) is 6.82. The van der Waals surface area contributed by atoms with E-state index in [0.29, 0.717) is 39.2 Å².